The molecule has 2 rings (SSSR count). The number of hydrogen-bond acceptors (Lipinski definition) is 4. The Balaban J connectivity index is 2.16. The van der Waals surface area contributed by atoms with Crippen LogP contribution in [0.1, 0.15) is 45.6 Å². The minimum Gasteiger partial charge on any atom is -0.352 e. The van der Waals surface area contributed by atoms with Gasteiger partial charge in [0.05, 0.1) is 11.9 Å². The zero-order valence-corrected chi connectivity index (χ0v) is 21.3. The number of amides is 2. The summed E-state index contributed by atoms with van der Waals surface area (Å²) in [7, 11) is -3.81. The molecule has 0 radical (unpaired) electrons. The van der Waals surface area contributed by atoms with Crippen LogP contribution in [0.5, 0.6) is 0 Å². The van der Waals surface area contributed by atoms with Crippen LogP contribution in [0.25, 0.3) is 0 Å². The minimum absolute atomic E-state index is 0.0266. The van der Waals surface area contributed by atoms with Gasteiger partial charge in [0.1, 0.15) is 6.04 Å². The summed E-state index contributed by atoms with van der Waals surface area (Å²) in [5, 5.41) is 2.89. The lowest BCUT2D eigenvalue weighted by Crippen LogP contribution is -2.49. The minimum atomic E-state index is -3.81. The maximum atomic E-state index is 13.7. The zero-order valence-electron chi connectivity index (χ0n) is 20.5. The molecule has 192 valence electrons. The monoisotopic (exact) mass is 509 g/mol. The van der Waals surface area contributed by atoms with E-state index in [-0.39, 0.29) is 49.5 Å². The molecule has 0 aromatic heterocycles. The number of benzene rings is 2. The Bertz CT molecular complexity index is 1110. The maximum absolute atomic E-state index is 13.7. The molecule has 35 heavy (non-hydrogen) atoms. The van der Waals surface area contributed by atoms with E-state index in [0.29, 0.717) is 0 Å². The van der Waals surface area contributed by atoms with Gasteiger partial charge in [0.25, 0.3) is 0 Å². The normalized spacial score (nSPS) is 13.1. The van der Waals surface area contributed by atoms with Gasteiger partial charge in [0, 0.05) is 31.6 Å². The van der Waals surface area contributed by atoms with Crippen LogP contribution in [0.15, 0.2) is 48.5 Å². The van der Waals surface area contributed by atoms with Crippen molar-refractivity contribution in [2.24, 2.45) is 0 Å². The van der Waals surface area contributed by atoms with Gasteiger partial charge in [-0.05, 0) is 44.4 Å². The summed E-state index contributed by atoms with van der Waals surface area (Å²) in [4.78, 5) is 27.4. The summed E-state index contributed by atoms with van der Waals surface area (Å²) >= 11 is 0. The molecule has 2 atom stereocenters. The molecule has 1 N–H and O–H groups in total. The summed E-state index contributed by atoms with van der Waals surface area (Å²) in [6.45, 7) is 5.59. The number of nitrogens with zero attached hydrogens (tertiary/aromatic N) is 2. The molecule has 0 aliphatic rings. The second-order valence-electron chi connectivity index (χ2n) is 8.54. The van der Waals surface area contributed by atoms with Crippen molar-refractivity contribution in [3.05, 3.63) is 65.7 Å². The van der Waals surface area contributed by atoms with Gasteiger partial charge in [0.2, 0.25) is 21.8 Å². The van der Waals surface area contributed by atoms with E-state index in [1.165, 1.54) is 11.0 Å². The maximum Gasteiger partial charge on any atom is 0.242 e. The molecule has 0 bridgehead atoms. The topological polar surface area (TPSA) is 86.8 Å². The van der Waals surface area contributed by atoms with Crippen LogP contribution >= 0.6 is 0 Å². The average Bonchev–Trinajstić information content (AvgIpc) is 2.81. The quantitative estimate of drug-likeness (QED) is 0.471. The van der Waals surface area contributed by atoms with Crippen molar-refractivity contribution in [3.63, 3.8) is 0 Å². The van der Waals surface area contributed by atoms with Crippen LogP contribution in [0, 0.1) is 11.6 Å². The molecule has 0 aliphatic carbocycles. The molecular weight excluding hydrogens is 476 g/mol. The van der Waals surface area contributed by atoms with Crippen molar-refractivity contribution < 1.29 is 26.8 Å². The molecule has 2 aromatic carbocycles. The molecular formula is C25H33F2N3O4S. The van der Waals surface area contributed by atoms with Gasteiger partial charge in [-0.15, -0.1) is 0 Å². The molecule has 0 saturated carbocycles. The Morgan fingerprint density at radius 3 is 2.26 bits per heavy atom. The molecule has 7 nitrogen and oxygen atoms in total. The van der Waals surface area contributed by atoms with Crippen LogP contribution in [-0.4, -0.2) is 50.0 Å². The summed E-state index contributed by atoms with van der Waals surface area (Å²) in [5.41, 5.74) is 0.824. The second-order valence-corrected chi connectivity index (χ2v) is 10.4. The van der Waals surface area contributed by atoms with Gasteiger partial charge in [-0.3, -0.25) is 13.9 Å². The van der Waals surface area contributed by atoms with Crippen molar-refractivity contribution in [1.82, 2.24) is 10.2 Å². The number of halogens is 2. The second kappa shape index (κ2) is 12.6. The van der Waals surface area contributed by atoms with Gasteiger partial charge in [-0.2, -0.15) is 0 Å². The molecule has 0 saturated heterocycles. The van der Waals surface area contributed by atoms with Gasteiger partial charge < -0.3 is 10.2 Å². The number of hydrogen-bond donors (Lipinski definition) is 1. The van der Waals surface area contributed by atoms with Crippen molar-refractivity contribution in [2.45, 2.75) is 58.7 Å². The van der Waals surface area contributed by atoms with E-state index in [0.717, 1.165) is 34.7 Å². The highest BCUT2D eigenvalue weighted by atomic mass is 32.2. The van der Waals surface area contributed by atoms with E-state index in [9.17, 15) is 26.8 Å². The van der Waals surface area contributed by atoms with Crippen LogP contribution in [0.3, 0.4) is 0 Å². The third-order valence-electron chi connectivity index (χ3n) is 5.71. The van der Waals surface area contributed by atoms with Crippen LogP contribution in [0.2, 0.25) is 0 Å². The van der Waals surface area contributed by atoms with E-state index >= 15 is 0 Å². The Labute approximate surface area is 206 Å². The molecule has 0 aliphatic heterocycles. The fourth-order valence-electron chi connectivity index (χ4n) is 3.47. The Kier molecular flexibility index (Phi) is 10.2. The van der Waals surface area contributed by atoms with E-state index < -0.39 is 27.7 Å². The number of anilines is 1. The van der Waals surface area contributed by atoms with Crippen LogP contribution in [-0.2, 0) is 26.2 Å². The predicted octanol–water partition coefficient (Wildman–Crippen LogP) is 3.84. The molecule has 0 unspecified atom stereocenters. The molecule has 2 amide bonds. The van der Waals surface area contributed by atoms with E-state index in [1.807, 2.05) is 44.2 Å². The Morgan fingerprint density at radius 1 is 1.03 bits per heavy atom. The summed E-state index contributed by atoms with van der Waals surface area (Å²) in [6, 6.07) is 11.3. The fraction of sp³-hybridized carbons (Fsp3) is 0.440. The van der Waals surface area contributed by atoms with E-state index in [1.54, 1.807) is 6.92 Å². The summed E-state index contributed by atoms with van der Waals surface area (Å²) in [5.74, 6) is -2.84. The van der Waals surface area contributed by atoms with Crippen LogP contribution < -0.4 is 9.62 Å². The first-order valence-corrected chi connectivity index (χ1v) is 13.3. The fourth-order valence-corrected chi connectivity index (χ4v) is 4.43. The lowest BCUT2D eigenvalue weighted by Gasteiger charge is -2.30. The first-order valence-electron chi connectivity index (χ1n) is 11.5. The van der Waals surface area contributed by atoms with Crippen molar-refractivity contribution in [1.29, 1.82) is 0 Å². The highest BCUT2D eigenvalue weighted by molar-refractivity contribution is 7.92. The SMILES string of the molecule is CC[C@@H](C)NC(=O)[C@H](C)N(Cc1ccccc1)C(=O)CCCN(c1ccc(F)c(F)c1)S(C)(=O)=O. The highest BCUT2D eigenvalue weighted by Crippen LogP contribution is 2.21. The van der Waals surface area contributed by atoms with Gasteiger partial charge in [-0.1, -0.05) is 37.3 Å². The first-order chi connectivity index (χ1) is 16.4. The lowest BCUT2D eigenvalue weighted by atomic mass is 10.1. The number of nitrogens with one attached hydrogen (secondary N) is 1. The molecule has 0 heterocycles. The largest absolute Gasteiger partial charge is 0.352 e. The number of rotatable bonds is 12. The van der Waals surface area contributed by atoms with Gasteiger partial charge >= 0.3 is 0 Å². The zero-order chi connectivity index (χ0) is 26.2. The third-order valence-corrected chi connectivity index (χ3v) is 6.90. The number of sulfonamides is 1. The molecule has 2 aromatic rings. The molecule has 0 fully saturated rings. The molecule has 10 heteroatoms. The highest BCUT2D eigenvalue weighted by Gasteiger charge is 2.27. The Morgan fingerprint density at radius 2 is 1.69 bits per heavy atom. The van der Waals surface area contributed by atoms with Gasteiger partial charge in [0.15, 0.2) is 11.6 Å². The predicted molar refractivity (Wildman–Crippen MR) is 132 cm³/mol. The average molecular weight is 510 g/mol. The standard InChI is InChI=1S/C25H33F2N3O4S/c1-5-18(2)28-25(32)19(3)29(17-20-10-7-6-8-11-20)24(31)12-9-15-30(35(4,33)34)21-13-14-22(26)23(27)16-21/h6-8,10-11,13-14,16,18-19H,5,9,12,15,17H2,1-4H3,(H,28,32)/t18-,19+/m1/s1. The van der Waals surface area contributed by atoms with Crippen molar-refractivity contribution in [3.8, 4) is 0 Å². The first kappa shape index (κ1) is 28.2. The lowest BCUT2D eigenvalue weighted by molar-refractivity contribution is -0.140. The Hall–Kier alpha value is -3.01. The van der Waals surface area contributed by atoms with E-state index in [2.05, 4.69) is 5.32 Å². The third kappa shape index (κ3) is 8.31. The smallest absolute Gasteiger partial charge is 0.242 e. The van der Waals surface area contributed by atoms with Crippen molar-refractivity contribution in [2.75, 3.05) is 17.1 Å². The van der Waals surface area contributed by atoms with E-state index in [4.69, 9.17) is 0 Å². The number of carbonyl (C=O) groups is 2. The summed E-state index contributed by atoms with van der Waals surface area (Å²) < 4.78 is 52.4. The number of carbonyl (C=O) groups excluding carboxylic acids is 2. The van der Waals surface area contributed by atoms with Crippen LogP contribution in [0.4, 0.5) is 14.5 Å². The molecule has 0 spiro atoms. The summed E-state index contributed by atoms with van der Waals surface area (Å²) in [6.07, 6.45) is 1.79. The van der Waals surface area contributed by atoms with Crippen molar-refractivity contribution >= 4 is 27.5 Å². The van der Waals surface area contributed by atoms with Gasteiger partial charge in [-0.25, -0.2) is 17.2 Å².